The molecule has 0 radical (unpaired) electrons. The number of aromatic carboxylic acids is 1. The average molecular weight is 320 g/mol. The summed E-state index contributed by atoms with van der Waals surface area (Å²) in [4.78, 5) is 33.7. The van der Waals surface area contributed by atoms with Gasteiger partial charge in [-0.05, 0) is 18.1 Å². The summed E-state index contributed by atoms with van der Waals surface area (Å²) >= 11 is 0. The zero-order valence-electron chi connectivity index (χ0n) is 12.5. The fourth-order valence-electron chi connectivity index (χ4n) is 2.35. The van der Waals surface area contributed by atoms with E-state index in [0.717, 1.165) is 0 Å². The highest BCUT2D eigenvalue weighted by molar-refractivity contribution is 6.47. The Balaban J connectivity index is 2.01. The highest BCUT2D eigenvalue weighted by Gasteiger charge is 2.37. The van der Waals surface area contributed by atoms with E-state index in [1.165, 1.54) is 13.0 Å². The zero-order chi connectivity index (χ0) is 17.0. The van der Waals surface area contributed by atoms with E-state index >= 15 is 0 Å². The quantitative estimate of drug-likeness (QED) is 0.534. The molecule has 23 heavy (non-hydrogen) atoms. The molecule has 0 unspecified atom stereocenters. The number of hydrogen-bond acceptors (Lipinski definition) is 5. The lowest BCUT2D eigenvalue weighted by Gasteiger charge is -2.28. The van der Waals surface area contributed by atoms with Gasteiger partial charge in [-0.25, -0.2) is 4.79 Å². The van der Waals surface area contributed by atoms with Gasteiger partial charge in [0.15, 0.2) is 0 Å². The van der Waals surface area contributed by atoms with Crippen molar-refractivity contribution in [3.8, 4) is 5.75 Å². The van der Waals surface area contributed by atoms with Crippen LogP contribution < -0.4 is 15.3 Å². The standard InChI is InChI=1S/C14H17BN2O6/c1-8(18)16-6-5-12(19)17-11-7-9-3-2-4-10(14(20)21)13(9)23-15(11)22/h2-4,11,22H,5-7H2,1H3,(H,16,18)(H,17,19)(H,20,21)/t11-/m0/s1. The first-order valence-electron chi connectivity index (χ1n) is 7.12. The first-order valence-corrected chi connectivity index (χ1v) is 7.12. The lowest BCUT2D eigenvalue weighted by molar-refractivity contribution is -0.121. The molecule has 0 fully saturated rings. The van der Waals surface area contributed by atoms with Crippen molar-refractivity contribution in [2.24, 2.45) is 0 Å². The second-order valence-corrected chi connectivity index (χ2v) is 5.22. The third kappa shape index (κ3) is 4.23. The van der Waals surface area contributed by atoms with E-state index in [2.05, 4.69) is 10.6 Å². The monoisotopic (exact) mass is 320 g/mol. The van der Waals surface area contributed by atoms with E-state index in [9.17, 15) is 19.4 Å². The number of nitrogens with one attached hydrogen (secondary N) is 2. The molecule has 1 heterocycles. The maximum absolute atomic E-state index is 11.8. The largest absolute Gasteiger partial charge is 0.547 e. The fraction of sp³-hybridized carbons (Fsp3) is 0.357. The third-order valence-electron chi connectivity index (χ3n) is 3.42. The molecule has 4 N–H and O–H groups in total. The molecule has 0 spiro atoms. The minimum atomic E-state index is -1.34. The molecule has 1 aromatic carbocycles. The highest BCUT2D eigenvalue weighted by atomic mass is 16.5. The number of para-hydroxylation sites is 1. The molecule has 0 saturated heterocycles. The number of fused-ring (bicyclic) bond motifs is 1. The molecule has 2 amide bonds. The summed E-state index contributed by atoms with van der Waals surface area (Å²) in [5.74, 6) is -2.28. The van der Waals surface area contributed by atoms with Crippen LogP contribution in [0.4, 0.5) is 0 Å². The summed E-state index contributed by atoms with van der Waals surface area (Å²) in [6.45, 7) is 1.55. The van der Waals surface area contributed by atoms with Gasteiger partial charge in [-0.2, -0.15) is 0 Å². The maximum atomic E-state index is 11.8. The van der Waals surface area contributed by atoms with Gasteiger partial charge < -0.3 is 25.4 Å². The van der Waals surface area contributed by atoms with Crippen molar-refractivity contribution in [1.82, 2.24) is 10.6 Å². The second kappa shape index (κ2) is 7.14. The van der Waals surface area contributed by atoms with Crippen LogP contribution >= 0.6 is 0 Å². The van der Waals surface area contributed by atoms with Gasteiger partial charge in [0, 0.05) is 19.9 Å². The minimum absolute atomic E-state index is 0.0306. The Morgan fingerprint density at radius 1 is 1.39 bits per heavy atom. The van der Waals surface area contributed by atoms with Gasteiger partial charge in [-0.3, -0.25) is 9.59 Å². The van der Waals surface area contributed by atoms with Crippen LogP contribution in [-0.4, -0.2) is 47.5 Å². The van der Waals surface area contributed by atoms with Crippen molar-refractivity contribution in [1.29, 1.82) is 0 Å². The number of carbonyl (C=O) groups is 3. The van der Waals surface area contributed by atoms with Crippen LogP contribution in [0.5, 0.6) is 5.75 Å². The molecule has 0 aromatic heterocycles. The molecule has 0 saturated carbocycles. The smallest absolute Gasteiger partial charge is 0.534 e. The predicted molar refractivity (Wildman–Crippen MR) is 80.9 cm³/mol. The van der Waals surface area contributed by atoms with Gasteiger partial charge in [0.1, 0.15) is 5.75 Å². The summed E-state index contributed by atoms with van der Waals surface area (Å²) in [6, 6.07) is 4.66. The SMILES string of the molecule is CC(=O)NCCC(=O)N[C@H]1Cc2cccc(C(=O)O)c2OB1O. The van der Waals surface area contributed by atoms with Crippen LogP contribution in [0.3, 0.4) is 0 Å². The summed E-state index contributed by atoms with van der Waals surface area (Å²) in [6.07, 6.45) is 0.328. The van der Waals surface area contributed by atoms with Crippen molar-refractivity contribution in [3.05, 3.63) is 29.3 Å². The van der Waals surface area contributed by atoms with Crippen molar-refractivity contribution in [2.75, 3.05) is 6.54 Å². The number of hydrogen-bond donors (Lipinski definition) is 4. The lowest BCUT2D eigenvalue weighted by Crippen LogP contribution is -2.53. The number of benzene rings is 1. The molecule has 1 atom stereocenters. The minimum Gasteiger partial charge on any atom is -0.534 e. The average Bonchev–Trinajstić information content (AvgIpc) is 2.46. The predicted octanol–water partition coefficient (Wildman–Crippen LogP) is -0.650. The fourth-order valence-corrected chi connectivity index (χ4v) is 2.35. The van der Waals surface area contributed by atoms with Crippen LogP contribution in [0.2, 0.25) is 0 Å². The molecule has 1 aliphatic heterocycles. The van der Waals surface area contributed by atoms with E-state index in [4.69, 9.17) is 9.76 Å². The van der Waals surface area contributed by atoms with Crippen LogP contribution in [0, 0.1) is 0 Å². The third-order valence-corrected chi connectivity index (χ3v) is 3.42. The molecule has 8 nitrogen and oxygen atoms in total. The Morgan fingerprint density at radius 3 is 2.78 bits per heavy atom. The summed E-state index contributed by atoms with van der Waals surface area (Å²) in [7, 11) is -1.34. The van der Waals surface area contributed by atoms with Gasteiger partial charge in [-0.15, -0.1) is 0 Å². The van der Waals surface area contributed by atoms with Gasteiger partial charge in [-0.1, -0.05) is 12.1 Å². The van der Waals surface area contributed by atoms with Crippen LogP contribution in [0.25, 0.3) is 0 Å². The summed E-state index contributed by atoms with van der Waals surface area (Å²) in [5, 5.41) is 24.2. The molecular weight excluding hydrogens is 303 g/mol. The number of carbonyl (C=O) groups excluding carboxylic acids is 2. The van der Waals surface area contributed by atoms with Crippen LogP contribution in [0.1, 0.15) is 29.3 Å². The normalized spacial score (nSPS) is 16.1. The van der Waals surface area contributed by atoms with Crippen LogP contribution in [-0.2, 0) is 16.0 Å². The Morgan fingerprint density at radius 2 is 2.13 bits per heavy atom. The number of amides is 2. The molecule has 1 aliphatic rings. The van der Waals surface area contributed by atoms with Gasteiger partial charge >= 0.3 is 13.1 Å². The van der Waals surface area contributed by atoms with Gasteiger partial charge in [0.2, 0.25) is 11.8 Å². The lowest BCUT2D eigenvalue weighted by atomic mass is 9.72. The van der Waals surface area contributed by atoms with Gasteiger partial charge in [0.05, 0.1) is 11.5 Å². The molecule has 2 rings (SSSR count). The summed E-state index contributed by atoms with van der Waals surface area (Å²) in [5.41, 5.74) is 0.569. The van der Waals surface area contributed by atoms with Crippen molar-refractivity contribution in [2.45, 2.75) is 25.7 Å². The van der Waals surface area contributed by atoms with Crippen molar-refractivity contribution < 1.29 is 29.2 Å². The van der Waals surface area contributed by atoms with E-state index in [1.54, 1.807) is 12.1 Å². The first kappa shape index (κ1) is 16.8. The maximum Gasteiger partial charge on any atom is 0.547 e. The molecule has 1 aromatic rings. The van der Waals surface area contributed by atoms with E-state index < -0.39 is 19.0 Å². The van der Waals surface area contributed by atoms with Crippen molar-refractivity contribution in [3.63, 3.8) is 0 Å². The van der Waals surface area contributed by atoms with E-state index in [1.807, 2.05) is 0 Å². The second-order valence-electron chi connectivity index (χ2n) is 5.22. The molecular formula is C14H17BN2O6. The molecule has 0 aliphatic carbocycles. The Labute approximate surface area is 133 Å². The highest BCUT2D eigenvalue weighted by Crippen LogP contribution is 2.30. The first-order chi connectivity index (χ1) is 10.9. The molecule has 9 heteroatoms. The number of rotatable bonds is 5. The Kier molecular flexibility index (Phi) is 5.22. The Bertz CT molecular complexity index is 636. The zero-order valence-corrected chi connectivity index (χ0v) is 12.5. The van der Waals surface area contributed by atoms with Crippen LogP contribution in [0.15, 0.2) is 18.2 Å². The van der Waals surface area contributed by atoms with E-state index in [-0.39, 0.29) is 42.5 Å². The Hall–Kier alpha value is -2.55. The number of carboxylic acid groups (broad SMARTS) is 1. The topological polar surface area (TPSA) is 125 Å². The molecule has 122 valence electrons. The molecule has 0 bridgehead atoms. The number of carboxylic acids is 1. The summed E-state index contributed by atoms with van der Waals surface area (Å²) < 4.78 is 5.27. The van der Waals surface area contributed by atoms with Crippen molar-refractivity contribution >= 4 is 24.9 Å². The van der Waals surface area contributed by atoms with Gasteiger partial charge in [0.25, 0.3) is 0 Å². The van der Waals surface area contributed by atoms with E-state index in [0.29, 0.717) is 5.56 Å².